The highest BCUT2D eigenvalue weighted by Crippen LogP contribution is 2.41. The topological polar surface area (TPSA) is 59.1 Å². The molecular formula is C18H22N2O2S. The summed E-state index contributed by atoms with van der Waals surface area (Å²) in [6.45, 7) is 5.37. The summed E-state index contributed by atoms with van der Waals surface area (Å²) < 4.78 is 26.6. The molecule has 0 unspecified atom stereocenters. The number of nitrogens with one attached hydrogen (secondary N) is 1. The second-order valence-corrected chi connectivity index (χ2v) is 8.74. The normalized spacial score (nSPS) is 20.7. The molecule has 122 valence electrons. The summed E-state index contributed by atoms with van der Waals surface area (Å²) in [6, 6.07) is 12.4. The maximum atomic E-state index is 11.9. The van der Waals surface area contributed by atoms with Gasteiger partial charge in [0.05, 0.1) is 5.25 Å². The van der Waals surface area contributed by atoms with Gasteiger partial charge in [0.2, 0.25) is 10.0 Å². The first-order valence-electron chi connectivity index (χ1n) is 7.91. The van der Waals surface area contributed by atoms with Gasteiger partial charge in [0.1, 0.15) is 0 Å². The number of sulfonamides is 1. The van der Waals surface area contributed by atoms with Crippen LogP contribution < -0.4 is 4.72 Å². The van der Waals surface area contributed by atoms with Gasteiger partial charge in [0, 0.05) is 29.4 Å². The molecule has 3 rings (SSSR count). The van der Waals surface area contributed by atoms with Gasteiger partial charge < -0.3 is 0 Å². The molecule has 0 saturated heterocycles. The summed E-state index contributed by atoms with van der Waals surface area (Å²) in [6.07, 6.45) is 2.75. The van der Waals surface area contributed by atoms with Gasteiger partial charge in [-0.05, 0) is 44.4 Å². The molecule has 1 N–H and O–H groups in total. The van der Waals surface area contributed by atoms with Gasteiger partial charge in [-0.3, -0.25) is 4.98 Å². The Morgan fingerprint density at radius 2 is 1.74 bits per heavy atom. The second-order valence-electron chi connectivity index (χ2n) is 6.47. The highest BCUT2D eigenvalue weighted by molar-refractivity contribution is 7.90. The molecule has 1 aromatic carbocycles. The summed E-state index contributed by atoms with van der Waals surface area (Å²) in [5, 5.41) is -0.389. The molecule has 1 heterocycles. The van der Waals surface area contributed by atoms with Crippen LogP contribution in [0.1, 0.15) is 37.4 Å². The van der Waals surface area contributed by atoms with Gasteiger partial charge in [-0.25, -0.2) is 13.1 Å². The summed E-state index contributed by atoms with van der Waals surface area (Å²) in [7, 11) is -3.19. The van der Waals surface area contributed by atoms with E-state index >= 15 is 0 Å². The van der Waals surface area contributed by atoms with Gasteiger partial charge in [0.15, 0.2) is 0 Å². The van der Waals surface area contributed by atoms with E-state index in [9.17, 15) is 8.42 Å². The summed E-state index contributed by atoms with van der Waals surface area (Å²) in [5.74, 6) is 0.286. The Hall–Kier alpha value is -1.72. The van der Waals surface area contributed by atoms with Crippen LogP contribution in [0.25, 0.3) is 11.1 Å². The number of rotatable bonds is 5. The number of aromatic nitrogens is 1. The largest absolute Gasteiger partial charge is 0.261 e. The lowest BCUT2D eigenvalue weighted by atomic mass is 10.0. The molecule has 4 nitrogen and oxygen atoms in total. The molecule has 0 spiro atoms. The molecule has 1 aromatic heterocycles. The molecule has 1 aliphatic carbocycles. The van der Waals surface area contributed by atoms with E-state index in [1.54, 1.807) is 13.8 Å². The van der Waals surface area contributed by atoms with Crippen LogP contribution in [0, 0.1) is 6.92 Å². The summed E-state index contributed by atoms with van der Waals surface area (Å²) in [4.78, 5) is 4.32. The molecule has 1 fully saturated rings. The van der Waals surface area contributed by atoms with Gasteiger partial charge in [0.25, 0.3) is 0 Å². The highest BCUT2D eigenvalue weighted by Gasteiger charge is 2.41. The summed E-state index contributed by atoms with van der Waals surface area (Å²) in [5.41, 5.74) is 4.41. The minimum atomic E-state index is -3.19. The molecule has 23 heavy (non-hydrogen) atoms. The molecule has 2 atom stereocenters. The first-order chi connectivity index (χ1) is 10.9. The van der Waals surface area contributed by atoms with E-state index in [1.165, 1.54) is 5.56 Å². The Bertz CT molecular complexity index is 781. The lowest BCUT2D eigenvalue weighted by Gasteiger charge is -2.09. The lowest BCUT2D eigenvalue weighted by Crippen LogP contribution is -2.33. The zero-order chi connectivity index (χ0) is 16.6. The van der Waals surface area contributed by atoms with E-state index in [4.69, 9.17) is 0 Å². The van der Waals surface area contributed by atoms with Crippen molar-refractivity contribution in [2.45, 2.75) is 44.4 Å². The number of aryl methyl sites for hydroxylation is 1. The molecule has 0 bridgehead atoms. The second kappa shape index (κ2) is 6.06. The van der Waals surface area contributed by atoms with Gasteiger partial charge in [-0.2, -0.15) is 0 Å². The lowest BCUT2D eigenvalue weighted by molar-refractivity contribution is 0.571. The van der Waals surface area contributed by atoms with E-state index in [-0.39, 0.29) is 17.2 Å². The maximum absolute atomic E-state index is 11.9. The Morgan fingerprint density at radius 1 is 1.09 bits per heavy atom. The Kier molecular flexibility index (Phi) is 4.25. The molecular weight excluding hydrogens is 308 g/mol. The monoisotopic (exact) mass is 330 g/mol. The van der Waals surface area contributed by atoms with Gasteiger partial charge in [-0.15, -0.1) is 0 Å². The highest BCUT2D eigenvalue weighted by atomic mass is 32.2. The van der Waals surface area contributed by atoms with E-state index in [0.29, 0.717) is 0 Å². The van der Waals surface area contributed by atoms with Crippen LogP contribution in [0.15, 0.2) is 42.6 Å². The molecule has 0 radical (unpaired) electrons. The van der Waals surface area contributed by atoms with Crippen LogP contribution in [-0.4, -0.2) is 24.7 Å². The predicted molar refractivity (Wildman–Crippen MR) is 92.7 cm³/mol. The van der Waals surface area contributed by atoms with Crippen LogP contribution in [-0.2, 0) is 10.0 Å². The van der Waals surface area contributed by atoms with Crippen LogP contribution in [0.3, 0.4) is 0 Å². The third-order valence-corrected chi connectivity index (χ3v) is 6.18. The average Bonchev–Trinajstić information content (AvgIpc) is 3.26. The van der Waals surface area contributed by atoms with Crippen molar-refractivity contribution in [3.63, 3.8) is 0 Å². The number of hydrogen-bond acceptors (Lipinski definition) is 3. The van der Waals surface area contributed by atoms with E-state index in [0.717, 1.165) is 23.2 Å². The third kappa shape index (κ3) is 3.62. The van der Waals surface area contributed by atoms with Crippen molar-refractivity contribution in [3.8, 4) is 11.1 Å². The first kappa shape index (κ1) is 16.1. The molecule has 5 heteroatoms. The quantitative estimate of drug-likeness (QED) is 0.915. The fourth-order valence-electron chi connectivity index (χ4n) is 2.60. The van der Waals surface area contributed by atoms with Gasteiger partial charge >= 0.3 is 0 Å². The Morgan fingerprint density at radius 3 is 2.30 bits per heavy atom. The summed E-state index contributed by atoms with van der Waals surface area (Å²) >= 11 is 0. The SMILES string of the molecule is Cc1ccc(-c2ccc([C@H]3C[C@@H]3NS(=O)(=O)C(C)C)cc2)cn1. The van der Waals surface area contributed by atoms with E-state index in [1.807, 2.05) is 19.2 Å². The number of hydrogen-bond donors (Lipinski definition) is 1. The average molecular weight is 330 g/mol. The molecule has 1 aliphatic rings. The van der Waals surface area contributed by atoms with E-state index in [2.05, 4.69) is 40.0 Å². The van der Waals surface area contributed by atoms with Crippen LogP contribution >= 0.6 is 0 Å². The van der Waals surface area contributed by atoms with E-state index < -0.39 is 10.0 Å². The fourth-order valence-corrected chi connectivity index (χ4v) is 3.56. The Balaban J connectivity index is 1.69. The van der Waals surface area contributed by atoms with Crippen molar-refractivity contribution < 1.29 is 8.42 Å². The van der Waals surface area contributed by atoms with Crippen molar-refractivity contribution in [2.75, 3.05) is 0 Å². The minimum absolute atomic E-state index is 0.0364. The fraction of sp³-hybridized carbons (Fsp3) is 0.389. The van der Waals surface area contributed by atoms with Crippen LogP contribution in [0.5, 0.6) is 0 Å². The van der Waals surface area contributed by atoms with Crippen molar-refractivity contribution in [3.05, 3.63) is 53.9 Å². The molecule has 0 amide bonds. The third-order valence-electron chi connectivity index (χ3n) is 4.31. The van der Waals surface area contributed by atoms with Crippen molar-refractivity contribution in [1.82, 2.24) is 9.71 Å². The number of pyridine rings is 1. The Labute approximate surface area is 138 Å². The number of benzene rings is 1. The minimum Gasteiger partial charge on any atom is -0.261 e. The molecule has 1 saturated carbocycles. The van der Waals surface area contributed by atoms with Crippen LogP contribution in [0.4, 0.5) is 0 Å². The van der Waals surface area contributed by atoms with Crippen molar-refractivity contribution in [1.29, 1.82) is 0 Å². The van der Waals surface area contributed by atoms with Crippen molar-refractivity contribution >= 4 is 10.0 Å². The zero-order valence-corrected chi connectivity index (χ0v) is 14.5. The zero-order valence-electron chi connectivity index (χ0n) is 13.7. The first-order valence-corrected chi connectivity index (χ1v) is 9.45. The molecule has 2 aromatic rings. The smallest absolute Gasteiger partial charge is 0.214 e. The standard InChI is InChI=1S/C18H22N2O2S/c1-12(2)23(21,22)20-18-10-17(18)15-8-6-14(7-9-15)16-5-4-13(3)19-11-16/h4-9,11-12,17-18,20H,10H2,1-3H3/t17-,18+/m1/s1. The van der Waals surface area contributed by atoms with Crippen LogP contribution in [0.2, 0.25) is 0 Å². The maximum Gasteiger partial charge on any atom is 0.214 e. The molecule has 0 aliphatic heterocycles. The predicted octanol–water partition coefficient (Wildman–Crippen LogP) is 3.24. The van der Waals surface area contributed by atoms with Crippen molar-refractivity contribution in [2.24, 2.45) is 0 Å². The number of nitrogens with zero attached hydrogens (tertiary/aromatic N) is 1. The van der Waals surface area contributed by atoms with Gasteiger partial charge in [-0.1, -0.05) is 30.3 Å².